The summed E-state index contributed by atoms with van der Waals surface area (Å²) in [4.78, 5) is 0.383. The first kappa shape index (κ1) is 23.5. The Morgan fingerprint density at radius 1 is 0.667 bits per heavy atom. The molecular weight excluding hydrogens is 568 g/mol. The first-order chi connectivity index (χ1) is 15.7. The molecule has 0 amide bonds. The van der Waals surface area contributed by atoms with E-state index in [1.807, 2.05) is 50.2 Å². The molecule has 33 heavy (non-hydrogen) atoms. The van der Waals surface area contributed by atoms with E-state index in [2.05, 4.69) is 31.9 Å². The normalized spacial score (nSPS) is 11.3. The van der Waals surface area contributed by atoms with Crippen molar-refractivity contribution >= 4 is 41.7 Å². The monoisotopic (exact) mass is 586 g/mol. The van der Waals surface area contributed by atoms with Gasteiger partial charge < -0.3 is 9.47 Å². The van der Waals surface area contributed by atoms with E-state index in [0.29, 0.717) is 23.0 Å². The van der Waals surface area contributed by atoms with E-state index >= 15 is 0 Å². The molecule has 7 heteroatoms. The molecule has 0 bridgehead atoms. The lowest BCUT2D eigenvalue weighted by Gasteiger charge is -2.11. The minimum Gasteiger partial charge on any atom is -0.457 e. The Bertz CT molecular complexity index is 1380. The number of sulfone groups is 1. The SMILES string of the molecule is Cc1cc(Br)cc(Oc2ccc(S(=O)(=O)c3ccc(Oc4cccc(Br)c4C)cc3)cc2)c1. The molecule has 4 rings (SSSR count). The first-order valence-electron chi connectivity index (χ1n) is 10.1. The summed E-state index contributed by atoms with van der Waals surface area (Å²) >= 11 is 6.93. The predicted octanol–water partition coefficient (Wildman–Crippen LogP) is 8.25. The van der Waals surface area contributed by atoms with Crippen molar-refractivity contribution in [3.63, 3.8) is 0 Å². The van der Waals surface area contributed by atoms with Crippen LogP contribution in [0.4, 0.5) is 0 Å². The molecule has 0 fully saturated rings. The van der Waals surface area contributed by atoms with Gasteiger partial charge in [0.2, 0.25) is 9.84 Å². The van der Waals surface area contributed by atoms with Gasteiger partial charge in [0.15, 0.2) is 0 Å². The second-order valence-corrected chi connectivity index (χ2v) is 11.2. The molecule has 0 aliphatic rings. The topological polar surface area (TPSA) is 52.6 Å². The van der Waals surface area contributed by atoms with Crippen LogP contribution in [0.1, 0.15) is 11.1 Å². The van der Waals surface area contributed by atoms with Crippen LogP contribution >= 0.6 is 31.9 Å². The summed E-state index contributed by atoms with van der Waals surface area (Å²) in [5.74, 6) is 2.49. The zero-order valence-corrected chi connectivity index (χ0v) is 21.9. The highest BCUT2D eigenvalue weighted by Gasteiger charge is 2.18. The molecule has 0 N–H and O–H groups in total. The molecular formula is C26H20Br2O4S. The van der Waals surface area contributed by atoms with Gasteiger partial charge in [-0.1, -0.05) is 37.9 Å². The first-order valence-corrected chi connectivity index (χ1v) is 13.1. The summed E-state index contributed by atoms with van der Waals surface area (Å²) < 4.78 is 39.8. The number of halogens is 2. The van der Waals surface area contributed by atoms with Crippen molar-refractivity contribution in [3.05, 3.63) is 105 Å². The molecule has 4 aromatic carbocycles. The summed E-state index contributed by atoms with van der Waals surface area (Å²) in [6.07, 6.45) is 0. The van der Waals surface area contributed by atoms with Gasteiger partial charge in [0.25, 0.3) is 0 Å². The molecule has 0 aliphatic heterocycles. The standard InChI is InChI=1S/C26H20Br2O4S/c1-17-14-19(27)16-22(15-17)31-20-6-10-23(11-7-20)33(29,30)24-12-8-21(9-13-24)32-26-5-3-4-25(28)18(26)2/h3-16H,1-2H3. The lowest BCUT2D eigenvalue weighted by atomic mass is 10.2. The Balaban J connectivity index is 1.51. The summed E-state index contributed by atoms with van der Waals surface area (Å²) in [7, 11) is -3.67. The highest BCUT2D eigenvalue weighted by molar-refractivity contribution is 9.10. The molecule has 0 saturated heterocycles. The average Bonchev–Trinajstić information content (AvgIpc) is 2.77. The second-order valence-electron chi connectivity index (χ2n) is 7.48. The van der Waals surface area contributed by atoms with Gasteiger partial charge >= 0.3 is 0 Å². The Hall–Kier alpha value is -2.61. The fourth-order valence-corrected chi connectivity index (χ4v) is 5.43. The Kier molecular flexibility index (Phi) is 6.93. The second kappa shape index (κ2) is 9.71. The molecule has 0 saturated carbocycles. The number of rotatable bonds is 6. The molecule has 0 spiro atoms. The highest BCUT2D eigenvalue weighted by Crippen LogP contribution is 2.32. The third-order valence-electron chi connectivity index (χ3n) is 4.97. The van der Waals surface area contributed by atoms with Gasteiger partial charge in [-0.3, -0.25) is 0 Å². The van der Waals surface area contributed by atoms with E-state index in [0.717, 1.165) is 20.1 Å². The van der Waals surface area contributed by atoms with E-state index in [1.165, 1.54) is 0 Å². The van der Waals surface area contributed by atoms with Crippen molar-refractivity contribution in [2.24, 2.45) is 0 Å². The summed E-state index contributed by atoms with van der Waals surface area (Å²) in [6.45, 7) is 3.92. The van der Waals surface area contributed by atoms with Crippen LogP contribution in [0.5, 0.6) is 23.0 Å². The van der Waals surface area contributed by atoms with Gasteiger partial charge in [0.05, 0.1) is 9.79 Å². The van der Waals surface area contributed by atoms with Crippen molar-refractivity contribution in [2.45, 2.75) is 23.6 Å². The number of ether oxygens (including phenoxy) is 2. The van der Waals surface area contributed by atoms with Crippen LogP contribution in [0.25, 0.3) is 0 Å². The fourth-order valence-electron chi connectivity index (χ4n) is 3.23. The van der Waals surface area contributed by atoms with Crippen LogP contribution in [0.2, 0.25) is 0 Å². The van der Waals surface area contributed by atoms with E-state index in [4.69, 9.17) is 9.47 Å². The van der Waals surface area contributed by atoms with Gasteiger partial charge in [-0.15, -0.1) is 0 Å². The molecule has 0 heterocycles. The van der Waals surface area contributed by atoms with E-state index in [9.17, 15) is 8.42 Å². The summed E-state index contributed by atoms with van der Waals surface area (Å²) in [5.41, 5.74) is 2.02. The summed E-state index contributed by atoms with van der Waals surface area (Å²) in [5, 5.41) is 0. The van der Waals surface area contributed by atoms with Crippen LogP contribution in [0.15, 0.2) is 104 Å². The molecule has 168 valence electrons. The van der Waals surface area contributed by atoms with Crippen molar-refractivity contribution in [2.75, 3.05) is 0 Å². The number of hydrogen-bond acceptors (Lipinski definition) is 4. The Morgan fingerprint density at radius 3 is 1.82 bits per heavy atom. The maximum absolute atomic E-state index is 13.1. The predicted molar refractivity (Wildman–Crippen MR) is 136 cm³/mol. The van der Waals surface area contributed by atoms with Crippen LogP contribution in [0.3, 0.4) is 0 Å². The smallest absolute Gasteiger partial charge is 0.206 e. The average molecular weight is 588 g/mol. The molecule has 4 aromatic rings. The Morgan fingerprint density at radius 2 is 1.24 bits per heavy atom. The molecule has 0 radical (unpaired) electrons. The minimum absolute atomic E-state index is 0.191. The Labute approximate surface area is 210 Å². The molecule has 0 aromatic heterocycles. The van der Waals surface area contributed by atoms with Crippen LogP contribution in [-0.4, -0.2) is 8.42 Å². The van der Waals surface area contributed by atoms with Gasteiger partial charge in [0, 0.05) is 14.5 Å². The number of aryl methyl sites for hydroxylation is 1. The molecule has 4 nitrogen and oxygen atoms in total. The van der Waals surface area contributed by atoms with Gasteiger partial charge in [-0.25, -0.2) is 8.42 Å². The fraction of sp³-hybridized carbons (Fsp3) is 0.0769. The lowest BCUT2D eigenvalue weighted by Crippen LogP contribution is -2.02. The molecule has 0 atom stereocenters. The van der Waals surface area contributed by atoms with Crippen LogP contribution < -0.4 is 9.47 Å². The summed E-state index contributed by atoms with van der Waals surface area (Å²) in [6, 6.07) is 24.2. The molecule has 0 unspecified atom stereocenters. The number of benzene rings is 4. The maximum Gasteiger partial charge on any atom is 0.206 e. The molecule has 0 aliphatic carbocycles. The number of hydrogen-bond donors (Lipinski definition) is 0. The third kappa shape index (κ3) is 5.49. The van der Waals surface area contributed by atoms with Gasteiger partial charge in [0.1, 0.15) is 23.0 Å². The highest BCUT2D eigenvalue weighted by atomic mass is 79.9. The largest absolute Gasteiger partial charge is 0.457 e. The lowest BCUT2D eigenvalue weighted by molar-refractivity contribution is 0.478. The van der Waals surface area contributed by atoms with E-state index in [-0.39, 0.29) is 9.79 Å². The van der Waals surface area contributed by atoms with Crippen molar-refractivity contribution in [1.29, 1.82) is 0 Å². The van der Waals surface area contributed by atoms with Gasteiger partial charge in [-0.05, 0) is 98.3 Å². The minimum atomic E-state index is -3.67. The van der Waals surface area contributed by atoms with Crippen LogP contribution in [-0.2, 0) is 9.84 Å². The quantitative estimate of drug-likeness (QED) is 0.228. The zero-order valence-electron chi connectivity index (χ0n) is 17.9. The maximum atomic E-state index is 13.1. The van der Waals surface area contributed by atoms with Crippen molar-refractivity contribution in [3.8, 4) is 23.0 Å². The van der Waals surface area contributed by atoms with Gasteiger partial charge in [-0.2, -0.15) is 0 Å². The van der Waals surface area contributed by atoms with E-state index in [1.54, 1.807) is 48.5 Å². The van der Waals surface area contributed by atoms with E-state index < -0.39 is 9.84 Å². The third-order valence-corrected chi connectivity index (χ3v) is 8.07. The van der Waals surface area contributed by atoms with Crippen molar-refractivity contribution in [1.82, 2.24) is 0 Å². The van der Waals surface area contributed by atoms with Crippen LogP contribution in [0, 0.1) is 13.8 Å². The van der Waals surface area contributed by atoms with Crippen molar-refractivity contribution < 1.29 is 17.9 Å². The zero-order chi connectivity index (χ0) is 23.6.